The first-order valence-corrected chi connectivity index (χ1v) is 7.71. The molecule has 3 rings (SSSR count). The van der Waals surface area contributed by atoms with Gasteiger partial charge in [0.2, 0.25) is 6.29 Å². The molecule has 0 fully saturated rings. The summed E-state index contributed by atoms with van der Waals surface area (Å²) >= 11 is 0. The molecule has 0 bridgehead atoms. The second kappa shape index (κ2) is 7.08. The van der Waals surface area contributed by atoms with E-state index in [1.54, 1.807) is 12.4 Å². The van der Waals surface area contributed by atoms with E-state index in [1.807, 2.05) is 49.4 Å². The molecule has 4 nitrogen and oxygen atoms in total. The van der Waals surface area contributed by atoms with Crippen molar-refractivity contribution in [2.75, 3.05) is 6.61 Å². The Bertz CT molecular complexity index is 720. The van der Waals surface area contributed by atoms with E-state index in [2.05, 4.69) is 11.1 Å². The fourth-order valence-corrected chi connectivity index (χ4v) is 2.84. The second-order valence-corrected chi connectivity index (χ2v) is 5.29. The second-order valence-electron chi connectivity index (χ2n) is 5.29. The minimum Gasteiger partial charge on any atom is -0.463 e. The zero-order valence-corrected chi connectivity index (χ0v) is 13.0. The van der Waals surface area contributed by atoms with Gasteiger partial charge >= 0.3 is 0 Å². The van der Waals surface area contributed by atoms with E-state index in [0.717, 1.165) is 11.1 Å². The van der Waals surface area contributed by atoms with Gasteiger partial charge in [0.15, 0.2) is 0 Å². The summed E-state index contributed by atoms with van der Waals surface area (Å²) in [4.78, 5) is 4.06. The van der Waals surface area contributed by atoms with Crippen LogP contribution in [0.25, 0.3) is 5.76 Å². The van der Waals surface area contributed by atoms with Crippen LogP contribution >= 0.6 is 0 Å². The lowest BCUT2D eigenvalue weighted by atomic mass is 9.85. The van der Waals surface area contributed by atoms with Crippen molar-refractivity contribution in [2.45, 2.75) is 25.6 Å². The molecule has 0 spiro atoms. The normalized spacial score (nSPS) is 20.7. The number of nitrogens with zero attached hydrogens (tertiary/aromatic N) is 2. The molecule has 1 aromatic carbocycles. The summed E-state index contributed by atoms with van der Waals surface area (Å²) in [5, 5.41) is 9.73. The molecule has 2 heterocycles. The number of hydrogen-bond acceptors (Lipinski definition) is 4. The van der Waals surface area contributed by atoms with Gasteiger partial charge in [-0.05, 0) is 24.6 Å². The molecular formula is C19H18N2O2. The van der Waals surface area contributed by atoms with Crippen molar-refractivity contribution in [1.29, 1.82) is 5.26 Å². The molecule has 0 unspecified atom stereocenters. The Morgan fingerprint density at radius 3 is 2.61 bits per heavy atom. The van der Waals surface area contributed by atoms with E-state index in [-0.39, 0.29) is 12.2 Å². The van der Waals surface area contributed by atoms with Crippen LogP contribution in [0.4, 0.5) is 0 Å². The highest BCUT2D eigenvalue weighted by Crippen LogP contribution is 2.40. The maximum absolute atomic E-state index is 9.73. The summed E-state index contributed by atoms with van der Waals surface area (Å²) in [6.07, 6.45) is 3.76. The standard InChI is InChI=1S/C19H18N2O2/c1-2-22-18-12-16(14-8-10-21-11-9-14)17(13-20)19(23-18)15-6-4-3-5-7-15/h3-11,16,18H,2,12H2,1H3/t16-,18+/m1/s1. The van der Waals surface area contributed by atoms with E-state index in [0.29, 0.717) is 24.4 Å². The van der Waals surface area contributed by atoms with Gasteiger partial charge in [-0.2, -0.15) is 5.26 Å². The molecule has 0 amide bonds. The first kappa shape index (κ1) is 15.3. The average molecular weight is 306 g/mol. The van der Waals surface area contributed by atoms with Gasteiger partial charge in [0.25, 0.3) is 0 Å². The van der Waals surface area contributed by atoms with Crippen LogP contribution in [0.2, 0.25) is 0 Å². The molecule has 0 saturated heterocycles. The van der Waals surface area contributed by atoms with Crippen LogP contribution in [-0.4, -0.2) is 17.9 Å². The highest BCUT2D eigenvalue weighted by Gasteiger charge is 2.32. The molecule has 2 atom stereocenters. The molecule has 0 aliphatic carbocycles. The minimum absolute atomic E-state index is 0.0523. The molecule has 116 valence electrons. The Morgan fingerprint density at radius 1 is 1.22 bits per heavy atom. The number of hydrogen-bond donors (Lipinski definition) is 0. The molecule has 1 aromatic heterocycles. The van der Waals surface area contributed by atoms with Crippen LogP contribution in [0.15, 0.2) is 60.4 Å². The van der Waals surface area contributed by atoms with Crippen LogP contribution in [0.1, 0.15) is 30.4 Å². The molecular weight excluding hydrogens is 288 g/mol. The third-order valence-electron chi connectivity index (χ3n) is 3.89. The largest absolute Gasteiger partial charge is 0.463 e. The van der Waals surface area contributed by atoms with Gasteiger partial charge in [-0.3, -0.25) is 4.98 Å². The predicted octanol–water partition coefficient (Wildman–Crippen LogP) is 3.88. The number of benzene rings is 1. The predicted molar refractivity (Wildman–Crippen MR) is 87.1 cm³/mol. The fraction of sp³-hybridized carbons (Fsp3) is 0.263. The van der Waals surface area contributed by atoms with Crippen LogP contribution < -0.4 is 0 Å². The van der Waals surface area contributed by atoms with Crippen LogP contribution in [0.3, 0.4) is 0 Å². The third kappa shape index (κ3) is 3.25. The quantitative estimate of drug-likeness (QED) is 0.860. The molecule has 0 saturated carbocycles. The first-order chi connectivity index (χ1) is 11.3. The highest BCUT2D eigenvalue weighted by atomic mass is 16.7. The number of pyridine rings is 1. The highest BCUT2D eigenvalue weighted by molar-refractivity contribution is 5.69. The topological polar surface area (TPSA) is 55.1 Å². The van der Waals surface area contributed by atoms with Crippen LogP contribution in [0.5, 0.6) is 0 Å². The van der Waals surface area contributed by atoms with Crippen molar-refractivity contribution in [2.24, 2.45) is 0 Å². The van der Waals surface area contributed by atoms with Crippen LogP contribution in [0, 0.1) is 11.3 Å². The lowest BCUT2D eigenvalue weighted by Gasteiger charge is -2.32. The fourth-order valence-electron chi connectivity index (χ4n) is 2.84. The van der Waals surface area contributed by atoms with E-state index in [1.165, 1.54) is 0 Å². The summed E-state index contributed by atoms with van der Waals surface area (Å²) in [7, 11) is 0. The Kier molecular flexibility index (Phi) is 4.70. The average Bonchev–Trinajstić information content (AvgIpc) is 2.63. The summed E-state index contributed by atoms with van der Waals surface area (Å²) in [6.45, 7) is 2.51. The van der Waals surface area contributed by atoms with Gasteiger partial charge in [-0.1, -0.05) is 30.3 Å². The molecule has 4 heteroatoms. The third-order valence-corrected chi connectivity index (χ3v) is 3.89. The van der Waals surface area contributed by atoms with Crippen molar-refractivity contribution in [3.63, 3.8) is 0 Å². The van der Waals surface area contributed by atoms with E-state index >= 15 is 0 Å². The lowest BCUT2D eigenvalue weighted by Crippen LogP contribution is -2.26. The van der Waals surface area contributed by atoms with Gasteiger partial charge in [0, 0.05) is 36.9 Å². The molecule has 1 aliphatic rings. The molecule has 23 heavy (non-hydrogen) atoms. The monoisotopic (exact) mass is 306 g/mol. The Balaban J connectivity index is 2.08. The van der Waals surface area contributed by atoms with Gasteiger partial charge in [0.1, 0.15) is 5.76 Å². The van der Waals surface area contributed by atoms with Crippen molar-refractivity contribution < 1.29 is 9.47 Å². The lowest BCUT2D eigenvalue weighted by molar-refractivity contribution is -0.104. The van der Waals surface area contributed by atoms with E-state index in [4.69, 9.17) is 9.47 Å². The number of allylic oxidation sites excluding steroid dienone is 1. The first-order valence-electron chi connectivity index (χ1n) is 7.71. The molecule has 1 aliphatic heterocycles. The summed E-state index contributed by atoms with van der Waals surface area (Å²) < 4.78 is 11.7. The minimum atomic E-state index is -0.356. The van der Waals surface area contributed by atoms with Crippen LogP contribution in [-0.2, 0) is 9.47 Å². The summed E-state index contributed by atoms with van der Waals surface area (Å²) in [5.41, 5.74) is 2.59. The van der Waals surface area contributed by atoms with Gasteiger partial charge in [0.05, 0.1) is 11.6 Å². The molecule has 2 aromatic rings. The Morgan fingerprint density at radius 2 is 1.96 bits per heavy atom. The zero-order valence-electron chi connectivity index (χ0n) is 13.0. The number of ether oxygens (including phenoxy) is 2. The Hall–Kier alpha value is -2.64. The van der Waals surface area contributed by atoms with Gasteiger partial charge < -0.3 is 9.47 Å². The maximum atomic E-state index is 9.73. The SMILES string of the molecule is CCO[C@@H]1C[C@H](c2ccncc2)C(C#N)=C(c2ccccc2)O1. The smallest absolute Gasteiger partial charge is 0.200 e. The molecule has 0 N–H and O–H groups in total. The summed E-state index contributed by atoms with van der Waals surface area (Å²) in [6, 6.07) is 15.9. The van der Waals surface area contributed by atoms with E-state index in [9.17, 15) is 5.26 Å². The van der Waals surface area contributed by atoms with Gasteiger partial charge in [-0.15, -0.1) is 0 Å². The van der Waals surface area contributed by atoms with Crippen molar-refractivity contribution in [3.05, 3.63) is 71.6 Å². The van der Waals surface area contributed by atoms with Crippen molar-refractivity contribution in [1.82, 2.24) is 4.98 Å². The number of aromatic nitrogens is 1. The summed E-state index contributed by atoms with van der Waals surface area (Å²) in [5.74, 6) is 0.558. The maximum Gasteiger partial charge on any atom is 0.200 e. The zero-order chi connectivity index (χ0) is 16.1. The van der Waals surface area contributed by atoms with Crippen molar-refractivity contribution in [3.8, 4) is 6.07 Å². The number of nitriles is 1. The van der Waals surface area contributed by atoms with Gasteiger partial charge in [-0.25, -0.2) is 0 Å². The van der Waals surface area contributed by atoms with Crippen molar-refractivity contribution >= 4 is 5.76 Å². The Labute approximate surface area is 136 Å². The van der Waals surface area contributed by atoms with E-state index < -0.39 is 0 Å². The number of rotatable bonds is 4. The molecule has 0 radical (unpaired) electrons.